The van der Waals surface area contributed by atoms with Gasteiger partial charge in [-0.15, -0.1) is 0 Å². The fourth-order valence-corrected chi connectivity index (χ4v) is 2.91. The van der Waals surface area contributed by atoms with E-state index in [4.69, 9.17) is 4.74 Å². The molecule has 9 nitrogen and oxygen atoms in total. The summed E-state index contributed by atoms with van der Waals surface area (Å²) in [5.41, 5.74) is -0.108. The second-order valence-corrected chi connectivity index (χ2v) is 6.30. The summed E-state index contributed by atoms with van der Waals surface area (Å²) < 4.78 is 9.62. The SMILES string of the molecule is CC[NH+](CC)C[C@@H](O)COCc1nc2c(c(=O)n(C)c(=O)n2C)n1C. The van der Waals surface area contributed by atoms with E-state index < -0.39 is 11.8 Å². The molecular formula is C16H28N5O4+. The molecule has 0 aliphatic rings. The summed E-state index contributed by atoms with van der Waals surface area (Å²) in [6.07, 6.45) is -0.554. The third kappa shape index (κ3) is 3.83. The largest absolute Gasteiger partial charge is 0.385 e. The number of quaternary nitrogens is 1. The van der Waals surface area contributed by atoms with Gasteiger partial charge in [0, 0.05) is 21.1 Å². The highest BCUT2D eigenvalue weighted by atomic mass is 16.5. The number of aliphatic hydroxyl groups is 1. The maximum atomic E-state index is 12.3. The molecule has 0 radical (unpaired) electrons. The van der Waals surface area contributed by atoms with Crippen LogP contribution in [0.3, 0.4) is 0 Å². The van der Waals surface area contributed by atoms with Crippen LogP contribution < -0.4 is 16.1 Å². The summed E-state index contributed by atoms with van der Waals surface area (Å²) in [6.45, 7) is 7.06. The third-order valence-electron chi connectivity index (χ3n) is 4.63. The van der Waals surface area contributed by atoms with Crippen LogP contribution in [0.25, 0.3) is 11.2 Å². The second-order valence-electron chi connectivity index (χ2n) is 6.30. The van der Waals surface area contributed by atoms with Gasteiger partial charge < -0.3 is 19.3 Å². The van der Waals surface area contributed by atoms with Crippen molar-refractivity contribution in [2.45, 2.75) is 26.6 Å². The van der Waals surface area contributed by atoms with Crippen molar-refractivity contribution in [3.8, 4) is 0 Å². The highest BCUT2D eigenvalue weighted by Crippen LogP contribution is 2.09. The van der Waals surface area contributed by atoms with Crippen LogP contribution in [-0.4, -0.2) is 56.1 Å². The molecule has 0 aliphatic heterocycles. The van der Waals surface area contributed by atoms with Gasteiger partial charge in [-0.05, 0) is 13.8 Å². The Morgan fingerprint density at radius 2 is 1.76 bits per heavy atom. The van der Waals surface area contributed by atoms with E-state index in [1.54, 1.807) is 18.7 Å². The lowest BCUT2D eigenvalue weighted by Crippen LogP contribution is -3.12. The average Bonchev–Trinajstić information content (AvgIpc) is 2.93. The Kier molecular flexibility index (Phi) is 6.15. The Morgan fingerprint density at radius 1 is 1.12 bits per heavy atom. The first-order chi connectivity index (χ1) is 11.8. The highest BCUT2D eigenvalue weighted by molar-refractivity contribution is 5.70. The molecule has 2 aromatic heterocycles. The number of nitrogens with one attached hydrogen (secondary N) is 1. The highest BCUT2D eigenvalue weighted by Gasteiger charge is 2.18. The van der Waals surface area contributed by atoms with Crippen LogP contribution in [0.1, 0.15) is 19.7 Å². The predicted octanol–water partition coefficient (Wildman–Crippen LogP) is -2.23. The van der Waals surface area contributed by atoms with Gasteiger partial charge in [0.2, 0.25) is 0 Å². The van der Waals surface area contributed by atoms with Crippen molar-refractivity contribution >= 4 is 11.2 Å². The number of ether oxygens (including phenoxy) is 1. The predicted molar refractivity (Wildman–Crippen MR) is 93.8 cm³/mol. The van der Waals surface area contributed by atoms with Crippen molar-refractivity contribution in [3.63, 3.8) is 0 Å². The van der Waals surface area contributed by atoms with E-state index in [2.05, 4.69) is 18.8 Å². The molecule has 0 bridgehead atoms. The Hall–Kier alpha value is -1.97. The summed E-state index contributed by atoms with van der Waals surface area (Å²) in [7, 11) is 4.74. The number of hydrogen-bond acceptors (Lipinski definition) is 5. The minimum atomic E-state index is -0.554. The molecule has 0 aliphatic carbocycles. The van der Waals surface area contributed by atoms with E-state index >= 15 is 0 Å². The number of likely N-dealkylation sites (N-methyl/N-ethyl adjacent to an activating group) is 1. The van der Waals surface area contributed by atoms with E-state index in [0.717, 1.165) is 17.7 Å². The molecule has 25 heavy (non-hydrogen) atoms. The van der Waals surface area contributed by atoms with Gasteiger partial charge in [0.05, 0.1) is 19.7 Å². The monoisotopic (exact) mass is 354 g/mol. The number of hydrogen-bond donors (Lipinski definition) is 2. The maximum absolute atomic E-state index is 12.3. The zero-order valence-electron chi connectivity index (χ0n) is 15.6. The molecule has 0 unspecified atom stereocenters. The quantitative estimate of drug-likeness (QED) is 0.560. The zero-order valence-corrected chi connectivity index (χ0v) is 15.6. The minimum absolute atomic E-state index is 0.160. The lowest BCUT2D eigenvalue weighted by atomic mass is 10.3. The van der Waals surface area contributed by atoms with Gasteiger partial charge in [-0.25, -0.2) is 9.78 Å². The molecule has 0 amide bonds. The van der Waals surface area contributed by atoms with Crippen LogP contribution in [-0.2, 0) is 32.5 Å². The Bertz CT molecular complexity index is 847. The van der Waals surface area contributed by atoms with E-state index in [0.29, 0.717) is 23.5 Å². The number of aromatic nitrogens is 4. The van der Waals surface area contributed by atoms with E-state index in [-0.39, 0.29) is 18.8 Å². The molecule has 0 aromatic carbocycles. The minimum Gasteiger partial charge on any atom is -0.385 e. The topological polar surface area (TPSA) is 95.7 Å². The lowest BCUT2D eigenvalue weighted by molar-refractivity contribution is -0.899. The smallest absolute Gasteiger partial charge is 0.332 e. The molecule has 1 atom stereocenters. The van der Waals surface area contributed by atoms with Gasteiger partial charge in [0.15, 0.2) is 11.2 Å². The standard InChI is InChI=1S/C16H27N5O4/c1-6-21(7-2)8-11(22)9-25-10-12-17-14-13(18(12)3)15(23)20(5)16(24)19(14)4/h11,22H,6-10H2,1-5H3/p+1/t11-/m1/s1. The fourth-order valence-electron chi connectivity index (χ4n) is 2.91. The maximum Gasteiger partial charge on any atom is 0.332 e. The van der Waals surface area contributed by atoms with Gasteiger partial charge in [-0.1, -0.05) is 0 Å². The van der Waals surface area contributed by atoms with Gasteiger partial charge in [-0.3, -0.25) is 13.9 Å². The molecule has 9 heteroatoms. The van der Waals surface area contributed by atoms with Crippen molar-refractivity contribution in [2.24, 2.45) is 21.1 Å². The number of aliphatic hydroxyl groups excluding tert-OH is 1. The Labute approximate surface area is 146 Å². The average molecular weight is 354 g/mol. The van der Waals surface area contributed by atoms with Crippen molar-refractivity contribution < 1.29 is 14.7 Å². The molecule has 0 spiro atoms. The summed E-state index contributed by atoms with van der Waals surface area (Å²) in [5.74, 6) is 0.538. The van der Waals surface area contributed by atoms with Gasteiger partial charge in [-0.2, -0.15) is 0 Å². The third-order valence-corrected chi connectivity index (χ3v) is 4.63. The molecule has 2 N–H and O–H groups in total. The van der Waals surface area contributed by atoms with Crippen LogP contribution in [0, 0.1) is 0 Å². The van der Waals surface area contributed by atoms with Gasteiger partial charge >= 0.3 is 5.69 Å². The molecule has 2 aromatic rings. The van der Waals surface area contributed by atoms with Crippen molar-refractivity contribution in [3.05, 3.63) is 26.7 Å². The van der Waals surface area contributed by atoms with Crippen LogP contribution in [0.4, 0.5) is 0 Å². The van der Waals surface area contributed by atoms with Crippen LogP contribution in [0.5, 0.6) is 0 Å². The summed E-state index contributed by atoms with van der Waals surface area (Å²) in [5, 5.41) is 10.1. The van der Waals surface area contributed by atoms with Crippen molar-refractivity contribution in [1.29, 1.82) is 0 Å². The van der Waals surface area contributed by atoms with Crippen LogP contribution in [0.2, 0.25) is 0 Å². The normalized spacial score (nSPS) is 13.1. The fraction of sp³-hybridized carbons (Fsp3) is 0.688. The summed E-state index contributed by atoms with van der Waals surface area (Å²) >= 11 is 0. The number of aryl methyl sites for hydroxylation is 2. The van der Waals surface area contributed by atoms with E-state index in [9.17, 15) is 14.7 Å². The number of rotatable bonds is 8. The first-order valence-electron chi connectivity index (χ1n) is 8.52. The molecule has 140 valence electrons. The Balaban J connectivity index is 2.14. The van der Waals surface area contributed by atoms with Gasteiger partial charge in [0.25, 0.3) is 5.56 Å². The molecular weight excluding hydrogens is 326 g/mol. The van der Waals surface area contributed by atoms with E-state index in [1.807, 2.05) is 0 Å². The summed E-state index contributed by atoms with van der Waals surface area (Å²) in [4.78, 5) is 30.0. The van der Waals surface area contributed by atoms with Gasteiger partial charge in [0.1, 0.15) is 25.1 Å². The molecule has 0 saturated heterocycles. The molecule has 0 saturated carbocycles. The van der Waals surface area contributed by atoms with E-state index in [1.165, 1.54) is 16.5 Å². The molecule has 0 fully saturated rings. The van der Waals surface area contributed by atoms with Crippen molar-refractivity contribution in [2.75, 3.05) is 26.2 Å². The number of fused-ring (bicyclic) bond motifs is 1. The summed E-state index contributed by atoms with van der Waals surface area (Å²) in [6, 6.07) is 0. The molecule has 2 heterocycles. The first kappa shape index (κ1) is 19.4. The molecule has 2 rings (SSSR count). The zero-order chi connectivity index (χ0) is 18.7. The second kappa shape index (κ2) is 7.94. The first-order valence-corrected chi connectivity index (χ1v) is 8.52. The van der Waals surface area contributed by atoms with Crippen molar-refractivity contribution in [1.82, 2.24) is 18.7 Å². The Morgan fingerprint density at radius 3 is 2.36 bits per heavy atom. The lowest BCUT2D eigenvalue weighted by Gasteiger charge is -2.19. The van der Waals surface area contributed by atoms with Crippen LogP contribution in [0.15, 0.2) is 9.59 Å². The van der Waals surface area contributed by atoms with Crippen LogP contribution >= 0.6 is 0 Å². The number of imidazole rings is 1. The number of nitrogens with zero attached hydrogens (tertiary/aromatic N) is 4.